The molecule has 0 aliphatic carbocycles. The average Bonchev–Trinajstić information content (AvgIpc) is 2.49. The highest BCUT2D eigenvalue weighted by molar-refractivity contribution is 6.59. The van der Waals surface area contributed by atoms with Crippen LogP contribution in [0.15, 0.2) is 18.3 Å². The fourth-order valence-corrected chi connectivity index (χ4v) is 1.66. The minimum Gasteiger partial charge on any atom is -0.423 e. The van der Waals surface area contributed by atoms with Crippen molar-refractivity contribution < 1.29 is 10.0 Å². The van der Waals surface area contributed by atoms with E-state index in [1.54, 1.807) is 16.9 Å². The van der Waals surface area contributed by atoms with Crippen molar-refractivity contribution in [2.24, 2.45) is 7.05 Å². The number of aromatic nitrogens is 2. The van der Waals surface area contributed by atoms with E-state index in [0.29, 0.717) is 5.46 Å². The summed E-state index contributed by atoms with van der Waals surface area (Å²) in [4.78, 5) is 0. The van der Waals surface area contributed by atoms with Gasteiger partial charge in [0.15, 0.2) is 0 Å². The molecule has 0 unspecified atom stereocenters. The van der Waals surface area contributed by atoms with Gasteiger partial charge in [0.2, 0.25) is 0 Å². The van der Waals surface area contributed by atoms with Crippen LogP contribution in [-0.4, -0.2) is 26.9 Å². The summed E-state index contributed by atoms with van der Waals surface area (Å²) in [7, 11) is 0.441. The predicted molar refractivity (Wildman–Crippen MR) is 55.3 cm³/mol. The molecule has 0 aliphatic heterocycles. The molecule has 0 saturated carbocycles. The van der Waals surface area contributed by atoms with E-state index in [1.165, 1.54) is 0 Å². The molecule has 2 N–H and O–H groups in total. The lowest BCUT2D eigenvalue weighted by Crippen LogP contribution is -2.32. The van der Waals surface area contributed by atoms with E-state index in [0.717, 1.165) is 16.5 Å². The Morgan fingerprint density at radius 3 is 2.71 bits per heavy atom. The van der Waals surface area contributed by atoms with Crippen LogP contribution in [-0.2, 0) is 7.05 Å². The van der Waals surface area contributed by atoms with Crippen LogP contribution in [0.5, 0.6) is 0 Å². The second kappa shape index (κ2) is 3.11. The standard InChI is InChI=1S/C9H11BN2O2/c1-6-7-5-11-12(2)9(7)4-3-8(6)10(13)14/h3-5,13-14H,1-2H3. The van der Waals surface area contributed by atoms with Crippen LogP contribution < -0.4 is 5.46 Å². The number of hydrogen-bond acceptors (Lipinski definition) is 3. The van der Waals surface area contributed by atoms with E-state index in [9.17, 15) is 0 Å². The molecule has 0 fully saturated rings. The van der Waals surface area contributed by atoms with Crippen molar-refractivity contribution in [2.75, 3.05) is 0 Å². The van der Waals surface area contributed by atoms with Gasteiger partial charge in [-0.05, 0) is 24.0 Å². The molecule has 2 rings (SSSR count). The van der Waals surface area contributed by atoms with E-state index < -0.39 is 7.12 Å². The second-order valence-electron chi connectivity index (χ2n) is 3.35. The molecule has 0 spiro atoms. The van der Waals surface area contributed by atoms with Crippen LogP contribution in [0, 0.1) is 6.92 Å². The molecule has 0 amide bonds. The molecule has 0 bridgehead atoms. The summed E-state index contributed by atoms with van der Waals surface area (Å²) in [5.74, 6) is 0. The van der Waals surface area contributed by atoms with Gasteiger partial charge in [-0.15, -0.1) is 0 Å². The van der Waals surface area contributed by atoms with Gasteiger partial charge >= 0.3 is 7.12 Å². The molecule has 4 nitrogen and oxygen atoms in total. The third-order valence-electron chi connectivity index (χ3n) is 2.52. The van der Waals surface area contributed by atoms with E-state index in [-0.39, 0.29) is 0 Å². The van der Waals surface area contributed by atoms with Crippen LogP contribution in [0.25, 0.3) is 10.9 Å². The number of fused-ring (bicyclic) bond motifs is 1. The Bertz CT molecular complexity index is 479. The molecule has 0 radical (unpaired) electrons. The second-order valence-corrected chi connectivity index (χ2v) is 3.35. The number of rotatable bonds is 1. The van der Waals surface area contributed by atoms with Crippen LogP contribution >= 0.6 is 0 Å². The molecular weight excluding hydrogens is 179 g/mol. The molecule has 0 saturated heterocycles. The van der Waals surface area contributed by atoms with Crippen molar-refractivity contribution in [2.45, 2.75) is 6.92 Å². The Kier molecular flexibility index (Phi) is 2.05. The quantitative estimate of drug-likeness (QED) is 0.599. The van der Waals surface area contributed by atoms with Gasteiger partial charge in [-0.1, -0.05) is 6.07 Å². The van der Waals surface area contributed by atoms with Crippen molar-refractivity contribution in [3.63, 3.8) is 0 Å². The van der Waals surface area contributed by atoms with Crippen LogP contribution in [0.2, 0.25) is 0 Å². The molecule has 1 aromatic carbocycles. The Balaban J connectivity index is 2.76. The molecule has 1 heterocycles. The van der Waals surface area contributed by atoms with Crippen LogP contribution in [0.1, 0.15) is 5.56 Å². The van der Waals surface area contributed by atoms with Gasteiger partial charge in [-0.3, -0.25) is 4.68 Å². The van der Waals surface area contributed by atoms with E-state index >= 15 is 0 Å². The van der Waals surface area contributed by atoms with E-state index in [1.807, 2.05) is 20.0 Å². The lowest BCUT2D eigenvalue weighted by Gasteiger charge is -2.05. The van der Waals surface area contributed by atoms with Gasteiger partial charge in [0, 0.05) is 12.4 Å². The monoisotopic (exact) mass is 190 g/mol. The first-order valence-electron chi connectivity index (χ1n) is 4.38. The smallest absolute Gasteiger partial charge is 0.423 e. The van der Waals surface area contributed by atoms with Crippen LogP contribution in [0.4, 0.5) is 0 Å². The van der Waals surface area contributed by atoms with E-state index in [2.05, 4.69) is 5.10 Å². The fraction of sp³-hybridized carbons (Fsp3) is 0.222. The Morgan fingerprint density at radius 1 is 1.36 bits per heavy atom. The molecule has 72 valence electrons. The van der Waals surface area contributed by atoms with Crippen molar-refractivity contribution >= 4 is 23.5 Å². The summed E-state index contributed by atoms with van der Waals surface area (Å²) in [6.45, 7) is 1.86. The molecule has 5 heteroatoms. The maximum Gasteiger partial charge on any atom is 0.488 e. The summed E-state index contributed by atoms with van der Waals surface area (Å²) >= 11 is 0. The Labute approximate surface area is 81.9 Å². The minimum atomic E-state index is -1.42. The zero-order chi connectivity index (χ0) is 10.3. The highest BCUT2D eigenvalue weighted by atomic mass is 16.4. The molecule has 0 atom stereocenters. The molecular formula is C9H11BN2O2. The molecule has 2 aromatic rings. The zero-order valence-electron chi connectivity index (χ0n) is 8.10. The first-order chi connectivity index (χ1) is 6.61. The first-order valence-corrected chi connectivity index (χ1v) is 4.38. The third kappa shape index (κ3) is 1.22. The highest BCUT2D eigenvalue weighted by Crippen LogP contribution is 2.15. The van der Waals surface area contributed by atoms with Gasteiger partial charge in [-0.2, -0.15) is 5.10 Å². The van der Waals surface area contributed by atoms with Gasteiger partial charge in [-0.25, -0.2) is 0 Å². The summed E-state index contributed by atoms with van der Waals surface area (Å²) in [5, 5.41) is 23.3. The lowest BCUT2D eigenvalue weighted by molar-refractivity contribution is 0.425. The SMILES string of the molecule is Cc1c(B(O)O)ccc2c1cnn2C. The van der Waals surface area contributed by atoms with Crippen molar-refractivity contribution in [1.82, 2.24) is 9.78 Å². The van der Waals surface area contributed by atoms with Crippen molar-refractivity contribution in [3.05, 3.63) is 23.9 Å². The van der Waals surface area contributed by atoms with Gasteiger partial charge in [0.1, 0.15) is 0 Å². The third-order valence-corrected chi connectivity index (χ3v) is 2.52. The number of aryl methyl sites for hydroxylation is 2. The van der Waals surface area contributed by atoms with Gasteiger partial charge in [0.25, 0.3) is 0 Å². The summed E-state index contributed by atoms with van der Waals surface area (Å²) in [6, 6.07) is 3.55. The maximum atomic E-state index is 9.10. The normalized spacial score (nSPS) is 10.9. The zero-order valence-corrected chi connectivity index (χ0v) is 8.10. The largest absolute Gasteiger partial charge is 0.488 e. The Hall–Kier alpha value is -1.33. The van der Waals surface area contributed by atoms with E-state index in [4.69, 9.17) is 10.0 Å². The predicted octanol–water partition coefficient (Wildman–Crippen LogP) is -0.438. The van der Waals surface area contributed by atoms with Crippen LogP contribution in [0.3, 0.4) is 0 Å². The Morgan fingerprint density at radius 2 is 2.07 bits per heavy atom. The summed E-state index contributed by atoms with van der Waals surface area (Å²) in [5.41, 5.74) is 2.39. The number of hydrogen-bond donors (Lipinski definition) is 2. The van der Waals surface area contributed by atoms with Gasteiger partial charge in [0.05, 0.1) is 11.7 Å². The summed E-state index contributed by atoms with van der Waals surface area (Å²) in [6.07, 6.45) is 1.73. The van der Waals surface area contributed by atoms with Gasteiger partial charge < -0.3 is 10.0 Å². The number of nitrogens with zero attached hydrogens (tertiary/aromatic N) is 2. The topological polar surface area (TPSA) is 58.3 Å². The van der Waals surface area contributed by atoms with Crippen molar-refractivity contribution in [3.8, 4) is 0 Å². The number of benzene rings is 1. The minimum absolute atomic E-state index is 0.533. The lowest BCUT2D eigenvalue weighted by atomic mass is 9.76. The molecule has 14 heavy (non-hydrogen) atoms. The molecule has 1 aromatic heterocycles. The summed E-state index contributed by atoms with van der Waals surface area (Å²) < 4.78 is 1.76. The first kappa shape index (κ1) is 9.24. The average molecular weight is 190 g/mol. The highest BCUT2D eigenvalue weighted by Gasteiger charge is 2.16. The van der Waals surface area contributed by atoms with Crippen molar-refractivity contribution in [1.29, 1.82) is 0 Å². The molecule has 0 aliphatic rings. The maximum absolute atomic E-state index is 9.10. The fourth-order valence-electron chi connectivity index (χ4n) is 1.66.